The van der Waals surface area contributed by atoms with E-state index in [0.717, 1.165) is 30.8 Å². The number of nitrogens with one attached hydrogen (secondary N) is 3. The Kier molecular flexibility index (Phi) is 8.16. The fraction of sp³-hybridized carbons (Fsp3) is 0.419. The highest BCUT2D eigenvalue weighted by Crippen LogP contribution is 2.35. The maximum atomic E-state index is 6.10. The summed E-state index contributed by atoms with van der Waals surface area (Å²) in [6.07, 6.45) is 1.84. The van der Waals surface area contributed by atoms with Crippen LogP contribution in [0.5, 0.6) is 5.75 Å². The lowest BCUT2D eigenvalue weighted by molar-refractivity contribution is -0.141. The van der Waals surface area contributed by atoms with Crippen molar-refractivity contribution in [1.82, 2.24) is 11.0 Å². The summed E-state index contributed by atoms with van der Waals surface area (Å²) in [6, 6.07) is 19.4. The number of anilines is 1. The SMILES string of the molecule is Cc1cc(OC[C@@H]2COC(C)(C)O2)cc(C)c1-c1cccc(CNc2ccc(CCC3N=NNN3)cc2)c1C. The lowest BCUT2D eigenvalue weighted by atomic mass is 9.90. The molecule has 0 aromatic heterocycles. The summed E-state index contributed by atoms with van der Waals surface area (Å²) >= 11 is 0. The molecule has 2 aliphatic rings. The molecular weight excluding hydrogens is 490 g/mol. The Morgan fingerprint density at radius 1 is 1.05 bits per heavy atom. The van der Waals surface area contributed by atoms with Crippen LogP contribution in [0.25, 0.3) is 11.1 Å². The van der Waals surface area contributed by atoms with Crippen molar-refractivity contribution in [2.45, 2.75) is 72.1 Å². The zero-order valence-electron chi connectivity index (χ0n) is 23.5. The molecule has 206 valence electrons. The van der Waals surface area contributed by atoms with Gasteiger partial charge in [0.15, 0.2) is 5.79 Å². The van der Waals surface area contributed by atoms with Crippen LogP contribution in [0.4, 0.5) is 5.69 Å². The van der Waals surface area contributed by atoms with E-state index in [4.69, 9.17) is 14.2 Å². The largest absolute Gasteiger partial charge is 0.491 e. The second-order valence-corrected chi connectivity index (χ2v) is 10.9. The maximum absolute atomic E-state index is 6.10. The summed E-state index contributed by atoms with van der Waals surface area (Å²) in [5.41, 5.74) is 15.6. The van der Waals surface area contributed by atoms with E-state index >= 15 is 0 Å². The van der Waals surface area contributed by atoms with Gasteiger partial charge in [0.05, 0.1) is 6.61 Å². The highest BCUT2D eigenvalue weighted by atomic mass is 16.7. The van der Waals surface area contributed by atoms with Crippen molar-refractivity contribution in [2.24, 2.45) is 10.3 Å². The van der Waals surface area contributed by atoms with Gasteiger partial charge < -0.3 is 19.5 Å². The number of ether oxygens (including phenoxy) is 3. The number of hydrazine groups is 1. The van der Waals surface area contributed by atoms with E-state index in [9.17, 15) is 0 Å². The van der Waals surface area contributed by atoms with Crippen molar-refractivity contribution in [3.05, 3.63) is 82.4 Å². The summed E-state index contributed by atoms with van der Waals surface area (Å²) in [7, 11) is 0. The van der Waals surface area contributed by atoms with Gasteiger partial charge in [-0.1, -0.05) is 35.6 Å². The maximum Gasteiger partial charge on any atom is 0.163 e. The van der Waals surface area contributed by atoms with Crippen molar-refractivity contribution in [3.63, 3.8) is 0 Å². The van der Waals surface area contributed by atoms with Crippen LogP contribution >= 0.6 is 0 Å². The average Bonchev–Trinajstić information content (AvgIpc) is 3.56. The van der Waals surface area contributed by atoms with E-state index < -0.39 is 5.79 Å². The summed E-state index contributed by atoms with van der Waals surface area (Å²) in [5.74, 6) is 0.324. The first-order valence-electron chi connectivity index (χ1n) is 13.7. The van der Waals surface area contributed by atoms with Gasteiger partial charge in [-0.05, 0) is 111 Å². The van der Waals surface area contributed by atoms with Gasteiger partial charge in [-0.2, -0.15) is 5.43 Å². The zero-order valence-corrected chi connectivity index (χ0v) is 23.5. The second-order valence-electron chi connectivity index (χ2n) is 10.9. The minimum absolute atomic E-state index is 0.0447. The molecule has 0 aliphatic carbocycles. The smallest absolute Gasteiger partial charge is 0.163 e. The van der Waals surface area contributed by atoms with Gasteiger partial charge >= 0.3 is 0 Å². The van der Waals surface area contributed by atoms with Gasteiger partial charge in [-0.25, -0.2) is 5.53 Å². The molecule has 8 nitrogen and oxygen atoms in total. The van der Waals surface area contributed by atoms with Crippen LogP contribution in [0.2, 0.25) is 0 Å². The van der Waals surface area contributed by atoms with Crippen molar-refractivity contribution in [1.29, 1.82) is 0 Å². The number of hydrogen-bond donors (Lipinski definition) is 3. The number of aryl methyl sites for hydroxylation is 3. The average molecular weight is 530 g/mol. The molecular formula is C31H39N5O3. The van der Waals surface area contributed by atoms with Gasteiger partial charge in [-0.3, -0.25) is 0 Å². The normalized spacial score (nSPS) is 19.7. The predicted octanol–water partition coefficient (Wildman–Crippen LogP) is 6.15. The fourth-order valence-electron chi connectivity index (χ4n) is 5.26. The van der Waals surface area contributed by atoms with E-state index in [-0.39, 0.29) is 12.3 Å². The van der Waals surface area contributed by atoms with Gasteiger partial charge in [0.1, 0.15) is 24.6 Å². The van der Waals surface area contributed by atoms with E-state index in [2.05, 4.69) is 102 Å². The van der Waals surface area contributed by atoms with E-state index in [1.165, 1.54) is 38.9 Å². The third-order valence-electron chi connectivity index (χ3n) is 7.35. The van der Waals surface area contributed by atoms with Gasteiger partial charge in [0.25, 0.3) is 0 Å². The zero-order chi connectivity index (χ0) is 27.4. The standard InChI is InChI=1S/C31H39N5O3/c1-20-15-26(37-18-27-19-38-31(4,5)39-27)16-21(2)30(20)28-8-6-7-24(22(28)3)17-32-25-12-9-23(10-13-25)11-14-29-33-35-36-34-29/h6-10,12-13,15-16,27,29,32H,11,14,17-19H2,1-5H3,(H,33,36)(H,34,35)/t27-/m1/s1. The molecule has 3 aromatic rings. The Balaban J connectivity index is 1.22. The number of nitrogens with zero attached hydrogens (tertiary/aromatic N) is 2. The summed E-state index contributed by atoms with van der Waals surface area (Å²) < 4.78 is 17.6. The molecule has 1 fully saturated rings. The van der Waals surface area contributed by atoms with Crippen molar-refractivity contribution >= 4 is 5.69 Å². The van der Waals surface area contributed by atoms with Crippen LogP contribution in [-0.2, 0) is 22.4 Å². The molecule has 3 N–H and O–H groups in total. The molecule has 0 radical (unpaired) electrons. The minimum Gasteiger partial charge on any atom is -0.491 e. The lowest BCUT2D eigenvalue weighted by Crippen LogP contribution is -2.30. The molecule has 3 aromatic carbocycles. The first kappa shape index (κ1) is 27.1. The molecule has 2 heterocycles. The van der Waals surface area contributed by atoms with Crippen LogP contribution in [0.3, 0.4) is 0 Å². The molecule has 0 amide bonds. The Bertz CT molecular complexity index is 1300. The third kappa shape index (κ3) is 6.76. The second kappa shape index (κ2) is 11.7. The van der Waals surface area contributed by atoms with E-state index in [0.29, 0.717) is 13.2 Å². The monoisotopic (exact) mass is 529 g/mol. The van der Waals surface area contributed by atoms with Crippen LogP contribution in [-0.4, -0.2) is 31.3 Å². The van der Waals surface area contributed by atoms with Gasteiger partial charge in [0.2, 0.25) is 0 Å². The van der Waals surface area contributed by atoms with Crippen LogP contribution in [0.15, 0.2) is 64.9 Å². The topological polar surface area (TPSA) is 88.5 Å². The molecule has 2 aliphatic heterocycles. The number of benzene rings is 3. The van der Waals surface area contributed by atoms with E-state index in [1.54, 1.807) is 0 Å². The lowest BCUT2D eigenvalue weighted by Gasteiger charge is -2.19. The molecule has 39 heavy (non-hydrogen) atoms. The molecule has 8 heteroatoms. The molecule has 1 saturated heterocycles. The Hall–Kier alpha value is -3.46. The molecule has 5 rings (SSSR count). The molecule has 0 bridgehead atoms. The summed E-state index contributed by atoms with van der Waals surface area (Å²) in [4.78, 5) is 0. The quantitative estimate of drug-likeness (QED) is 0.292. The predicted molar refractivity (Wildman–Crippen MR) is 153 cm³/mol. The first-order chi connectivity index (χ1) is 18.8. The van der Waals surface area contributed by atoms with Crippen LogP contribution in [0.1, 0.15) is 48.1 Å². The third-order valence-corrected chi connectivity index (χ3v) is 7.35. The van der Waals surface area contributed by atoms with Gasteiger partial charge in [-0.15, -0.1) is 5.11 Å². The highest BCUT2D eigenvalue weighted by molar-refractivity contribution is 5.75. The summed E-state index contributed by atoms with van der Waals surface area (Å²) in [6.45, 7) is 12.2. The molecule has 0 spiro atoms. The Labute approximate surface area is 231 Å². The Morgan fingerprint density at radius 3 is 2.49 bits per heavy atom. The van der Waals surface area contributed by atoms with Crippen LogP contribution in [0, 0.1) is 20.8 Å². The number of hydrogen-bond acceptors (Lipinski definition) is 8. The molecule has 0 saturated carbocycles. The summed E-state index contributed by atoms with van der Waals surface area (Å²) in [5, 5.41) is 11.4. The van der Waals surface area contributed by atoms with E-state index in [1.807, 2.05) is 13.8 Å². The first-order valence-corrected chi connectivity index (χ1v) is 13.7. The van der Waals surface area contributed by atoms with Crippen molar-refractivity contribution < 1.29 is 14.2 Å². The highest BCUT2D eigenvalue weighted by Gasteiger charge is 2.33. The van der Waals surface area contributed by atoms with Crippen molar-refractivity contribution in [3.8, 4) is 16.9 Å². The molecule has 1 unspecified atom stereocenters. The molecule has 2 atom stereocenters. The van der Waals surface area contributed by atoms with Crippen LogP contribution < -0.4 is 21.0 Å². The van der Waals surface area contributed by atoms with Gasteiger partial charge in [0, 0.05) is 12.2 Å². The fourth-order valence-corrected chi connectivity index (χ4v) is 5.26. The van der Waals surface area contributed by atoms with Crippen molar-refractivity contribution in [2.75, 3.05) is 18.5 Å². The number of rotatable bonds is 10. The minimum atomic E-state index is -0.539. The Morgan fingerprint density at radius 2 is 1.82 bits per heavy atom.